The molecule has 2 nitrogen and oxygen atoms in total. The van der Waals surface area contributed by atoms with Gasteiger partial charge in [0.1, 0.15) is 5.75 Å². The van der Waals surface area contributed by atoms with Crippen molar-refractivity contribution in [3.63, 3.8) is 0 Å². The molecule has 2 N–H and O–H groups in total. The van der Waals surface area contributed by atoms with Gasteiger partial charge >= 0.3 is 0 Å². The van der Waals surface area contributed by atoms with E-state index in [4.69, 9.17) is 0 Å². The molecule has 0 heterocycles. The highest BCUT2D eigenvalue weighted by Gasteiger charge is 2.05. The molecule has 2 heteroatoms. The second-order valence-electron chi connectivity index (χ2n) is 8.28. The van der Waals surface area contributed by atoms with E-state index in [9.17, 15) is 5.11 Å². The van der Waals surface area contributed by atoms with Crippen LogP contribution in [0.25, 0.3) is 11.8 Å². The van der Waals surface area contributed by atoms with Crippen LogP contribution in [-0.2, 0) is 12.8 Å². The largest absolute Gasteiger partial charge is 0.507 e. The fourth-order valence-corrected chi connectivity index (χ4v) is 3.49. The van der Waals surface area contributed by atoms with Gasteiger partial charge in [0.05, 0.1) is 0 Å². The molecule has 0 saturated heterocycles. The molecule has 0 unspecified atom stereocenters. The number of nitrogens with one attached hydrogen (secondary N) is 1. The highest BCUT2D eigenvalue weighted by atomic mass is 16.3. The molecule has 0 atom stereocenters. The number of hydrogen-bond acceptors (Lipinski definition) is 2. The normalized spacial score (nSPS) is 10.8. The quantitative estimate of drug-likeness (QED) is 0.275. The minimum atomic E-state index is 0.296. The van der Waals surface area contributed by atoms with Crippen molar-refractivity contribution in [1.82, 2.24) is 5.32 Å². The number of phenols is 1. The first kappa shape index (κ1) is 23.5. The lowest BCUT2D eigenvalue weighted by molar-refractivity contribution is 0.473. The van der Waals surface area contributed by atoms with Crippen LogP contribution >= 0.6 is 0 Å². The van der Waals surface area contributed by atoms with Crippen molar-refractivity contribution in [3.8, 4) is 5.75 Å². The zero-order valence-electron chi connectivity index (χ0n) is 18.7. The van der Waals surface area contributed by atoms with E-state index in [1.54, 1.807) is 12.1 Å². The summed E-state index contributed by atoms with van der Waals surface area (Å²) in [5, 5.41) is 13.4. The summed E-state index contributed by atoms with van der Waals surface area (Å²) in [6.45, 7) is 17.5. The molecule has 0 aromatic heterocycles. The maximum Gasteiger partial charge on any atom is 0.123 e. The van der Waals surface area contributed by atoms with Crippen molar-refractivity contribution in [1.29, 1.82) is 0 Å². The van der Waals surface area contributed by atoms with E-state index in [1.165, 1.54) is 24.0 Å². The van der Waals surface area contributed by atoms with Crippen LogP contribution in [0.15, 0.2) is 67.8 Å². The van der Waals surface area contributed by atoms with Gasteiger partial charge in [-0.3, -0.25) is 0 Å². The van der Waals surface area contributed by atoms with Gasteiger partial charge in [0.15, 0.2) is 0 Å². The number of hydrogen-bond donors (Lipinski definition) is 2. The second-order valence-corrected chi connectivity index (χ2v) is 8.28. The maximum atomic E-state index is 9.96. The van der Waals surface area contributed by atoms with Gasteiger partial charge in [-0.25, -0.2) is 0 Å². The molecular weight excluding hydrogens is 366 g/mol. The number of rotatable bonds is 13. The molecule has 2 aromatic rings. The summed E-state index contributed by atoms with van der Waals surface area (Å²) < 4.78 is 0. The van der Waals surface area contributed by atoms with E-state index >= 15 is 0 Å². The minimum Gasteiger partial charge on any atom is -0.507 e. The number of unbranched alkanes of at least 4 members (excludes halogenated alkanes) is 2. The first-order valence-electron chi connectivity index (χ1n) is 11.1. The third-order valence-corrected chi connectivity index (χ3v) is 5.69. The molecule has 0 spiro atoms. The summed E-state index contributed by atoms with van der Waals surface area (Å²) in [5.74, 6) is 0.889. The monoisotopic (exact) mass is 403 g/mol. The van der Waals surface area contributed by atoms with E-state index in [0.717, 1.165) is 54.6 Å². The Morgan fingerprint density at radius 3 is 2.40 bits per heavy atom. The lowest BCUT2D eigenvalue weighted by Gasteiger charge is -2.12. The van der Waals surface area contributed by atoms with Crippen LogP contribution in [0.3, 0.4) is 0 Å². The van der Waals surface area contributed by atoms with E-state index in [-0.39, 0.29) is 0 Å². The molecule has 0 aliphatic rings. The number of allylic oxidation sites excluding steroid dienone is 1. The molecule has 0 aliphatic heterocycles. The minimum absolute atomic E-state index is 0.296. The first-order valence-corrected chi connectivity index (χ1v) is 11.1. The van der Waals surface area contributed by atoms with E-state index in [0.29, 0.717) is 11.7 Å². The van der Waals surface area contributed by atoms with Crippen molar-refractivity contribution in [2.45, 2.75) is 52.4 Å². The molecule has 2 aromatic carbocycles. The average molecular weight is 404 g/mol. The molecule has 0 bridgehead atoms. The third-order valence-electron chi connectivity index (χ3n) is 5.69. The van der Waals surface area contributed by atoms with Crippen LogP contribution in [0.4, 0.5) is 0 Å². The predicted octanol–water partition coefficient (Wildman–Crippen LogP) is 7.15. The van der Waals surface area contributed by atoms with Gasteiger partial charge in [-0.05, 0) is 60.8 Å². The molecule has 0 radical (unpaired) electrons. The van der Waals surface area contributed by atoms with Gasteiger partial charge in [-0.2, -0.15) is 0 Å². The lowest BCUT2D eigenvalue weighted by atomic mass is 9.98. The van der Waals surface area contributed by atoms with Gasteiger partial charge in [0.25, 0.3) is 0 Å². The Bertz CT molecular complexity index is 845. The molecule has 0 amide bonds. The summed E-state index contributed by atoms with van der Waals surface area (Å²) in [7, 11) is 0. The van der Waals surface area contributed by atoms with Gasteiger partial charge in [0, 0.05) is 17.8 Å². The van der Waals surface area contributed by atoms with Gasteiger partial charge in [-0.15, -0.1) is 0 Å². The lowest BCUT2D eigenvalue weighted by Crippen LogP contribution is -2.13. The highest BCUT2D eigenvalue weighted by molar-refractivity contribution is 5.62. The summed E-state index contributed by atoms with van der Waals surface area (Å²) in [6, 6.07) is 14.2. The van der Waals surface area contributed by atoms with Crippen LogP contribution in [0, 0.1) is 5.92 Å². The Morgan fingerprint density at radius 1 is 1.00 bits per heavy atom. The fourth-order valence-electron chi connectivity index (χ4n) is 3.49. The average Bonchev–Trinajstić information content (AvgIpc) is 2.74. The fraction of sp³-hybridized carbons (Fsp3) is 0.357. The summed E-state index contributed by atoms with van der Waals surface area (Å²) >= 11 is 0. The molecule has 0 fully saturated rings. The van der Waals surface area contributed by atoms with Gasteiger partial charge < -0.3 is 10.4 Å². The van der Waals surface area contributed by atoms with Gasteiger partial charge in [0.2, 0.25) is 0 Å². The smallest absolute Gasteiger partial charge is 0.123 e. The summed E-state index contributed by atoms with van der Waals surface area (Å²) in [5.41, 5.74) is 6.70. The molecule has 160 valence electrons. The summed E-state index contributed by atoms with van der Waals surface area (Å²) in [6.07, 6.45) is 8.24. The maximum absolute atomic E-state index is 9.96. The predicted molar refractivity (Wildman–Crippen MR) is 132 cm³/mol. The van der Waals surface area contributed by atoms with Crippen molar-refractivity contribution < 1.29 is 5.11 Å². The number of benzene rings is 2. The molecule has 0 aliphatic carbocycles. The first-order chi connectivity index (χ1) is 14.4. The number of aromatic hydroxyl groups is 1. The second kappa shape index (κ2) is 12.1. The van der Waals surface area contributed by atoms with Crippen LogP contribution in [0.2, 0.25) is 0 Å². The Balaban J connectivity index is 1.75. The highest BCUT2D eigenvalue weighted by Crippen LogP contribution is 2.23. The van der Waals surface area contributed by atoms with Crippen LogP contribution in [0.1, 0.15) is 61.8 Å². The SMILES string of the molecule is C=Cc1c(O)cccc1CCc1ccc(C(=C)NCCCCCC(=C)C(C)C)cc1. The van der Waals surface area contributed by atoms with E-state index in [1.807, 2.05) is 6.07 Å². The Kier molecular flexibility index (Phi) is 9.47. The van der Waals surface area contributed by atoms with Crippen molar-refractivity contribution in [3.05, 3.63) is 90.0 Å². The van der Waals surface area contributed by atoms with Crippen molar-refractivity contribution in [2.75, 3.05) is 6.54 Å². The topological polar surface area (TPSA) is 32.3 Å². The van der Waals surface area contributed by atoms with Crippen molar-refractivity contribution in [2.24, 2.45) is 5.92 Å². The molecule has 30 heavy (non-hydrogen) atoms. The molecular formula is C28H37NO. The van der Waals surface area contributed by atoms with Crippen LogP contribution in [-0.4, -0.2) is 11.7 Å². The van der Waals surface area contributed by atoms with E-state index < -0.39 is 0 Å². The molecule has 2 rings (SSSR count). The Hall–Kier alpha value is -2.74. The zero-order chi connectivity index (χ0) is 21.9. The van der Waals surface area contributed by atoms with Crippen molar-refractivity contribution >= 4 is 11.8 Å². The van der Waals surface area contributed by atoms with Crippen LogP contribution in [0.5, 0.6) is 5.75 Å². The number of phenolic OH excluding ortho intramolecular Hbond substituents is 1. The standard InChI is InChI=1S/C28H37NO/c1-6-27-26(12-10-13-28(27)30)19-16-24-14-17-25(18-15-24)23(5)29-20-9-7-8-11-22(4)21(2)3/h6,10,12-15,17-18,21,29-30H,1,4-5,7-9,11,16,19-20H2,2-3H3. The Morgan fingerprint density at radius 2 is 1.73 bits per heavy atom. The van der Waals surface area contributed by atoms with Crippen LogP contribution < -0.4 is 5.32 Å². The third kappa shape index (κ3) is 7.26. The van der Waals surface area contributed by atoms with E-state index in [2.05, 4.69) is 69.2 Å². The molecule has 0 saturated carbocycles. The number of aryl methyl sites for hydroxylation is 2. The Labute approximate surface area is 183 Å². The van der Waals surface area contributed by atoms with Gasteiger partial charge in [-0.1, -0.05) is 88.1 Å². The zero-order valence-corrected chi connectivity index (χ0v) is 18.7. The summed E-state index contributed by atoms with van der Waals surface area (Å²) in [4.78, 5) is 0.